The van der Waals surface area contributed by atoms with Gasteiger partial charge in [0, 0.05) is 11.6 Å². The van der Waals surface area contributed by atoms with Crippen LogP contribution in [0.5, 0.6) is 0 Å². The fourth-order valence-electron chi connectivity index (χ4n) is 1.31. The topological polar surface area (TPSA) is 63.3 Å². The summed E-state index contributed by atoms with van der Waals surface area (Å²) in [5, 5.41) is 11.6. The molecule has 2 rings (SSSR count). The van der Waals surface area contributed by atoms with E-state index in [1.165, 1.54) is 24.3 Å². The predicted molar refractivity (Wildman–Crippen MR) is 52.9 cm³/mol. The molecule has 0 bridgehead atoms. The van der Waals surface area contributed by atoms with E-state index in [9.17, 15) is 13.6 Å². The molecule has 88 valence electrons. The average molecular weight is 239 g/mol. The zero-order valence-corrected chi connectivity index (χ0v) is 8.43. The molecular weight excluding hydrogens is 232 g/mol. The SMILES string of the molecule is O=C(O)c1cc(C(F)(F)c2ccccc2)on1. The number of rotatable bonds is 3. The highest BCUT2D eigenvalue weighted by molar-refractivity contribution is 5.85. The minimum absolute atomic E-state index is 0.284. The van der Waals surface area contributed by atoms with E-state index in [-0.39, 0.29) is 5.56 Å². The summed E-state index contributed by atoms with van der Waals surface area (Å²) in [5.74, 6) is -5.60. The fraction of sp³-hybridized carbons (Fsp3) is 0.0909. The van der Waals surface area contributed by atoms with Crippen LogP contribution < -0.4 is 0 Å². The van der Waals surface area contributed by atoms with Crippen molar-refractivity contribution in [1.82, 2.24) is 5.16 Å². The van der Waals surface area contributed by atoms with Crippen molar-refractivity contribution in [3.05, 3.63) is 53.4 Å². The van der Waals surface area contributed by atoms with Crippen molar-refractivity contribution < 1.29 is 23.2 Å². The number of halogens is 2. The molecule has 1 N–H and O–H groups in total. The van der Waals surface area contributed by atoms with Crippen molar-refractivity contribution in [2.75, 3.05) is 0 Å². The van der Waals surface area contributed by atoms with Crippen LogP contribution in [0.4, 0.5) is 8.78 Å². The van der Waals surface area contributed by atoms with E-state index in [2.05, 4.69) is 9.68 Å². The van der Waals surface area contributed by atoms with E-state index in [4.69, 9.17) is 5.11 Å². The third-order valence-corrected chi connectivity index (χ3v) is 2.18. The standard InChI is InChI=1S/C11H7F2NO3/c12-11(13,7-4-2-1-3-5-7)9-6-8(10(15)16)14-17-9/h1-6H,(H,15,16). The Morgan fingerprint density at radius 2 is 1.94 bits per heavy atom. The number of aromatic nitrogens is 1. The third-order valence-electron chi connectivity index (χ3n) is 2.18. The lowest BCUT2D eigenvalue weighted by molar-refractivity contribution is 0.0130. The van der Waals surface area contributed by atoms with Gasteiger partial charge in [-0.15, -0.1) is 0 Å². The van der Waals surface area contributed by atoms with Gasteiger partial charge in [-0.2, -0.15) is 8.78 Å². The van der Waals surface area contributed by atoms with Crippen LogP contribution in [-0.4, -0.2) is 16.2 Å². The Labute approximate surface area is 94.5 Å². The fourth-order valence-corrected chi connectivity index (χ4v) is 1.31. The van der Waals surface area contributed by atoms with Gasteiger partial charge in [-0.1, -0.05) is 35.5 Å². The Balaban J connectivity index is 2.41. The van der Waals surface area contributed by atoms with Crippen LogP contribution in [0.15, 0.2) is 40.9 Å². The van der Waals surface area contributed by atoms with E-state index in [0.29, 0.717) is 0 Å². The summed E-state index contributed by atoms with van der Waals surface area (Å²) in [6.07, 6.45) is 0. The molecule has 17 heavy (non-hydrogen) atoms. The summed E-state index contributed by atoms with van der Waals surface area (Å²) < 4.78 is 32.0. The lowest BCUT2D eigenvalue weighted by Crippen LogP contribution is -2.14. The molecule has 2 aromatic rings. The number of hydrogen-bond donors (Lipinski definition) is 1. The van der Waals surface area contributed by atoms with Crippen LogP contribution in [0.1, 0.15) is 21.8 Å². The normalized spacial score (nSPS) is 11.4. The first kappa shape index (κ1) is 11.3. The largest absolute Gasteiger partial charge is 0.476 e. The Morgan fingerprint density at radius 3 is 2.47 bits per heavy atom. The summed E-state index contributed by atoms with van der Waals surface area (Å²) in [6, 6.07) is 7.68. The lowest BCUT2D eigenvalue weighted by atomic mass is 10.1. The first-order valence-electron chi connectivity index (χ1n) is 4.65. The molecule has 0 unspecified atom stereocenters. The first-order valence-corrected chi connectivity index (χ1v) is 4.65. The van der Waals surface area contributed by atoms with Crippen molar-refractivity contribution in [1.29, 1.82) is 0 Å². The number of benzene rings is 1. The molecule has 1 heterocycles. The van der Waals surface area contributed by atoms with Crippen LogP contribution >= 0.6 is 0 Å². The van der Waals surface area contributed by atoms with Crippen LogP contribution in [-0.2, 0) is 5.92 Å². The van der Waals surface area contributed by atoms with Gasteiger partial charge in [0.25, 0.3) is 0 Å². The zero-order chi connectivity index (χ0) is 12.5. The second kappa shape index (κ2) is 3.97. The molecule has 0 saturated carbocycles. The van der Waals surface area contributed by atoms with Gasteiger partial charge in [0.2, 0.25) is 5.76 Å². The molecule has 0 radical (unpaired) electrons. The maximum absolute atomic E-state index is 13.8. The number of carboxylic acids is 1. The minimum atomic E-state index is -3.40. The molecule has 6 heteroatoms. The van der Waals surface area contributed by atoms with Gasteiger partial charge in [-0.3, -0.25) is 0 Å². The van der Waals surface area contributed by atoms with Crippen molar-refractivity contribution in [3.8, 4) is 0 Å². The Morgan fingerprint density at radius 1 is 1.29 bits per heavy atom. The van der Waals surface area contributed by atoms with E-state index in [1.54, 1.807) is 6.07 Å². The summed E-state index contributed by atoms with van der Waals surface area (Å²) >= 11 is 0. The minimum Gasteiger partial charge on any atom is -0.476 e. The Bertz CT molecular complexity index is 537. The van der Waals surface area contributed by atoms with Gasteiger partial charge in [0.15, 0.2) is 5.69 Å². The molecule has 0 aliphatic rings. The van der Waals surface area contributed by atoms with Crippen molar-refractivity contribution >= 4 is 5.97 Å². The molecule has 0 saturated heterocycles. The van der Waals surface area contributed by atoms with Crippen molar-refractivity contribution in [3.63, 3.8) is 0 Å². The van der Waals surface area contributed by atoms with Gasteiger partial charge in [-0.25, -0.2) is 4.79 Å². The molecule has 0 atom stereocenters. The molecule has 1 aromatic carbocycles. The monoisotopic (exact) mass is 239 g/mol. The van der Waals surface area contributed by atoms with Crippen LogP contribution in [0.3, 0.4) is 0 Å². The molecule has 0 amide bonds. The van der Waals surface area contributed by atoms with Gasteiger partial charge < -0.3 is 9.63 Å². The smallest absolute Gasteiger partial charge is 0.358 e. The van der Waals surface area contributed by atoms with Crippen LogP contribution in [0.25, 0.3) is 0 Å². The Hall–Kier alpha value is -2.24. The first-order chi connectivity index (χ1) is 8.01. The van der Waals surface area contributed by atoms with Crippen LogP contribution in [0, 0.1) is 0 Å². The van der Waals surface area contributed by atoms with Crippen molar-refractivity contribution in [2.45, 2.75) is 5.92 Å². The van der Waals surface area contributed by atoms with Gasteiger partial charge in [0.05, 0.1) is 0 Å². The zero-order valence-electron chi connectivity index (χ0n) is 8.43. The van der Waals surface area contributed by atoms with E-state index in [1.807, 2.05) is 0 Å². The molecule has 0 fully saturated rings. The number of carboxylic acid groups (broad SMARTS) is 1. The maximum atomic E-state index is 13.8. The van der Waals surface area contributed by atoms with Crippen LogP contribution in [0.2, 0.25) is 0 Å². The molecule has 1 aromatic heterocycles. The summed E-state index contributed by atoms with van der Waals surface area (Å²) in [6.45, 7) is 0. The van der Waals surface area contributed by atoms with Gasteiger partial charge in [-0.05, 0) is 0 Å². The highest BCUT2D eigenvalue weighted by Gasteiger charge is 2.39. The van der Waals surface area contributed by atoms with E-state index in [0.717, 1.165) is 6.07 Å². The molecule has 0 spiro atoms. The number of aromatic carboxylic acids is 1. The van der Waals surface area contributed by atoms with Gasteiger partial charge >= 0.3 is 11.9 Å². The molecular formula is C11H7F2NO3. The summed E-state index contributed by atoms with van der Waals surface area (Å²) in [4.78, 5) is 10.5. The van der Waals surface area contributed by atoms with E-state index < -0.39 is 23.3 Å². The lowest BCUT2D eigenvalue weighted by Gasteiger charge is -2.12. The maximum Gasteiger partial charge on any atom is 0.358 e. The average Bonchev–Trinajstić information content (AvgIpc) is 2.80. The second-order valence-electron chi connectivity index (χ2n) is 3.32. The number of alkyl halides is 2. The summed E-state index contributed by atoms with van der Waals surface area (Å²) in [7, 11) is 0. The number of hydrogen-bond acceptors (Lipinski definition) is 3. The third kappa shape index (κ3) is 2.01. The molecule has 4 nitrogen and oxygen atoms in total. The highest BCUT2D eigenvalue weighted by atomic mass is 19.3. The Kier molecular flexibility index (Phi) is 2.63. The van der Waals surface area contributed by atoms with Gasteiger partial charge in [0.1, 0.15) is 0 Å². The van der Waals surface area contributed by atoms with E-state index >= 15 is 0 Å². The molecule has 0 aliphatic carbocycles. The highest BCUT2D eigenvalue weighted by Crippen LogP contribution is 2.35. The van der Waals surface area contributed by atoms with Crippen molar-refractivity contribution in [2.24, 2.45) is 0 Å². The second-order valence-corrected chi connectivity index (χ2v) is 3.32. The molecule has 0 aliphatic heterocycles. The quantitative estimate of drug-likeness (QED) is 0.893. The summed E-state index contributed by atoms with van der Waals surface area (Å²) in [5.41, 5.74) is -0.830. The number of carbonyl (C=O) groups is 1. The number of nitrogens with zero attached hydrogens (tertiary/aromatic N) is 1. The predicted octanol–water partition coefficient (Wildman–Crippen LogP) is 2.51.